The van der Waals surface area contributed by atoms with Gasteiger partial charge in [0, 0.05) is 23.8 Å². The van der Waals surface area contributed by atoms with Crippen LogP contribution in [0.5, 0.6) is 23.0 Å². The van der Waals surface area contributed by atoms with Crippen LogP contribution in [-0.2, 0) is 48.2 Å². The highest BCUT2D eigenvalue weighted by Crippen LogP contribution is 2.67. The molecule has 23 nitrogen and oxygen atoms in total. The topological polar surface area (TPSA) is 307 Å². The third kappa shape index (κ3) is 11.6. The van der Waals surface area contributed by atoms with E-state index in [0.29, 0.717) is 33.9 Å². The van der Waals surface area contributed by atoms with Gasteiger partial charge in [-0.2, -0.15) is 0 Å². The summed E-state index contributed by atoms with van der Waals surface area (Å²) in [5, 5.41) is 19.2. The molecular weight excluding hydrogens is 1080 g/mol. The summed E-state index contributed by atoms with van der Waals surface area (Å²) in [6.07, 6.45) is -11.8. The van der Waals surface area contributed by atoms with E-state index in [4.69, 9.17) is 42.8 Å². The zero-order valence-electron chi connectivity index (χ0n) is 38.9. The molecule has 3 fully saturated rings. The quantitative estimate of drug-likeness (QED) is 0.0535. The Morgan fingerprint density at radius 2 is 1.16 bits per heavy atom. The number of esters is 2. The maximum absolute atomic E-state index is 17.3. The molecule has 3 aliphatic heterocycles. The summed E-state index contributed by atoms with van der Waals surface area (Å²) < 4.78 is 114. The van der Waals surface area contributed by atoms with E-state index in [-0.39, 0.29) is 62.6 Å². The van der Waals surface area contributed by atoms with Gasteiger partial charge in [0.05, 0.1) is 30.7 Å². The number of H-pyrrole nitrogens is 1. The number of imidazole rings is 1. The molecule has 3 aliphatic rings. The number of hydrogen-bond acceptors (Lipinski definition) is 22. The second-order valence-electron chi connectivity index (χ2n) is 17.0. The molecule has 0 radical (unpaired) electrons. The molecule has 10 atom stereocenters. The molecule has 2 unspecified atom stereocenters. The average molecular weight is 1120 g/mol. The smallest absolute Gasteiger partial charge is 0.390 e. The van der Waals surface area contributed by atoms with E-state index in [0.717, 1.165) is 23.2 Å². The van der Waals surface area contributed by atoms with Crippen molar-refractivity contribution in [3.8, 4) is 23.0 Å². The Balaban J connectivity index is 0.944. The lowest BCUT2D eigenvalue weighted by Crippen LogP contribution is -2.38. The fraction of sp³-hybridized carbons (Fsp3) is 0.255. The van der Waals surface area contributed by atoms with Crippen molar-refractivity contribution in [3.63, 3.8) is 0 Å². The van der Waals surface area contributed by atoms with Crippen LogP contribution in [0.25, 0.3) is 11.2 Å². The van der Waals surface area contributed by atoms with Gasteiger partial charge >= 0.3 is 31.2 Å². The fourth-order valence-corrected chi connectivity index (χ4v) is 14.7. The Morgan fingerprint density at radius 1 is 0.684 bits per heavy atom. The lowest BCUT2D eigenvalue weighted by molar-refractivity contribution is -0.0597. The molecule has 0 amide bonds. The number of nitrogens with two attached hydrogens (primary N) is 1. The molecule has 29 heteroatoms. The third-order valence-electron chi connectivity index (χ3n) is 11.9. The predicted molar refractivity (Wildman–Crippen MR) is 267 cm³/mol. The number of carbonyl (C=O) groups excluding carboxylic acids is 2. The molecular formula is C47H41F2N7O16P2S2. The van der Waals surface area contributed by atoms with Crippen LogP contribution >= 0.6 is 36.4 Å². The van der Waals surface area contributed by atoms with Gasteiger partial charge in [0.15, 0.2) is 36.3 Å². The first-order valence-corrected chi connectivity index (χ1v) is 29.0. The van der Waals surface area contributed by atoms with E-state index in [1.54, 1.807) is 12.1 Å². The van der Waals surface area contributed by atoms with Crippen LogP contribution in [0.2, 0.25) is 0 Å². The van der Waals surface area contributed by atoms with E-state index in [1.165, 1.54) is 95.8 Å². The van der Waals surface area contributed by atoms with Gasteiger partial charge in [-0.3, -0.25) is 37.0 Å². The van der Waals surface area contributed by atoms with Gasteiger partial charge < -0.3 is 34.9 Å². The van der Waals surface area contributed by atoms with Crippen LogP contribution in [0.15, 0.2) is 132 Å². The minimum Gasteiger partial charge on any atom is -0.508 e. The minimum absolute atomic E-state index is 0.0295. The molecule has 4 aromatic carbocycles. The molecule has 0 saturated carbocycles. The summed E-state index contributed by atoms with van der Waals surface area (Å²) in [4.78, 5) is 65.3. The van der Waals surface area contributed by atoms with Crippen molar-refractivity contribution < 1.29 is 74.8 Å². The zero-order valence-corrected chi connectivity index (χ0v) is 42.3. The highest BCUT2D eigenvalue weighted by atomic mass is 32.7. The minimum atomic E-state index is -4.76. The van der Waals surface area contributed by atoms with E-state index >= 15 is 17.9 Å². The van der Waals surface area contributed by atoms with Gasteiger partial charge in [0.25, 0.3) is 5.56 Å². The van der Waals surface area contributed by atoms with Gasteiger partial charge in [-0.05, 0) is 107 Å². The van der Waals surface area contributed by atoms with Crippen LogP contribution in [0.1, 0.15) is 44.3 Å². The molecule has 76 heavy (non-hydrogen) atoms. The Kier molecular flexibility index (Phi) is 15.3. The number of rotatable bonds is 12. The van der Waals surface area contributed by atoms with Crippen molar-refractivity contribution >= 4 is 65.3 Å². The number of fused-ring (bicyclic) bond motifs is 5. The number of aromatic amines is 1. The molecule has 0 spiro atoms. The zero-order chi connectivity index (χ0) is 53.3. The number of benzene rings is 4. The molecule has 7 aromatic rings. The molecule has 10 rings (SSSR count). The number of phenols is 2. The molecule has 5 N–H and O–H groups in total. The summed E-state index contributed by atoms with van der Waals surface area (Å²) in [6, 6.07) is 23.8. The number of aromatic nitrogens is 6. The first-order chi connectivity index (χ1) is 36.5. The summed E-state index contributed by atoms with van der Waals surface area (Å²) >= 11 is 1.14. The van der Waals surface area contributed by atoms with Crippen molar-refractivity contribution in [2.24, 2.45) is 0 Å². The summed E-state index contributed by atoms with van der Waals surface area (Å²) in [5.41, 5.74) is 5.67. The summed E-state index contributed by atoms with van der Waals surface area (Å²) in [5.74, 6) is -1.56. The highest BCUT2D eigenvalue weighted by molar-refractivity contribution is 8.55. The standard InChI is InChI=1S/C47H41F2N7O16P2S2/c48-36-33-19-65-74(64,76-22-26-3-15-32(16-4-26)68-46(61)28-7-11-30(58)12-8-28)72-40-37(49)34(70-44(40)56-24-53-38-41(50)51-23-52-42(38)56)20-66-73(63,71-39(36)43(69-33)55-18-17-35(59)54-47(55)62)75-21-25-1-13-31(14-2-25)67-45(60)27-5-9-29(57)10-6-27/h1-18,23-24,33-34,36-37,39-40,43-44,57-58H,19-22H2,(H2,50,51,52)(H,54,59,62)/t33-,34-,36-,37-,39-,40-,43-,44-,73?,74?/m1/s1. The van der Waals surface area contributed by atoms with Crippen LogP contribution in [0.4, 0.5) is 14.6 Å². The number of nitrogens with zero attached hydrogens (tertiary/aromatic N) is 5. The predicted octanol–water partition coefficient (Wildman–Crippen LogP) is 7.18. The van der Waals surface area contributed by atoms with E-state index in [9.17, 15) is 29.4 Å². The average Bonchev–Trinajstić information content (AvgIpc) is 4.07. The first kappa shape index (κ1) is 52.7. The van der Waals surface area contributed by atoms with Gasteiger partial charge in [0.1, 0.15) is 59.3 Å². The number of ether oxygens (including phenoxy) is 4. The second kappa shape index (κ2) is 22.1. The van der Waals surface area contributed by atoms with Crippen molar-refractivity contribution in [2.75, 3.05) is 18.9 Å². The normalized spacial score (nSPS) is 26.7. The second-order valence-corrected chi connectivity index (χ2v) is 25.0. The number of aromatic hydroxyl groups is 2. The highest BCUT2D eigenvalue weighted by Gasteiger charge is 2.55. The van der Waals surface area contributed by atoms with Crippen LogP contribution in [0.3, 0.4) is 0 Å². The lowest BCUT2D eigenvalue weighted by atomic mass is 10.1. The Bertz CT molecular complexity index is 3490. The fourth-order valence-electron chi connectivity index (χ4n) is 7.98. The molecule has 3 saturated heterocycles. The molecule has 0 aliphatic carbocycles. The number of phenolic OH excluding ortho intramolecular Hbond substituents is 2. The van der Waals surface area contributed by atoms with Crippen molar-refractivity contribution in [3.05, 3.63) is 165 Å². The number of alkyl halides is 2. The SMILES string of the molecule is Nc1ncnc2c1ncn2[C@@H]1O[C@@H]2COP(=O)(SCc3ccc(OC(=O)c4ccc(O)cc4)cc3)O[C@@H]3[C@H](F)[C@@H](COP(=O)(SCc4ccc(OC(=O)c5ccc(O)cc5)cc4)O[C@@H]1[C@@H]2F)O[C@H]3n1ccc(=O)[nH]c1=O. The molecule has 4 bridgehead atoms. The van der Waals surface area contributed by atoms with Gasteiger partial charge in [-0.25, -0.2) is 47.2 Å². The van der Waals surface area contributed by atoms with Crippen LogP contribution < -0.4 is 26.5 Å². The number of anilines is 1. The summed E-state index contributed by atoms with van der Waals surface area (Å²) in [7, 11) is 0. The Labute approximate surface area is 435 Å². The number of hydrogen-bond donors (Lipinski definition) is 4. The third-order valence-corrected chi connectivity index (χ3v) is 19.2. The number of carbonyl (C=O) groups is 2. The van der Waals surface area contributed by atoms with E-state index < -0.39 is 99.2 Å². The van der Waals surface area contributed by atoms with Crippen LogP contribution in [0, 0.1) is 0 Å². The van der Waals surface area contributed by atoms with Gasteiger partial charge in [-0.15, -0.1) is 0 Å². The maximum Gasteiger partial charge on any atom is 0.390 e. The van der Waals surface area contributed by atoms with Gasteiger partial charge in [0.2, 0.25) is 0 Å². The monoisotopic (exact) mass is 1120 g/mol. The Morgan fingerprint density at radius 3 is 1.63 bits per heavy atom. The molecule has 396 valence electrons. The molecule has 3 aromatic heterocycles. The van der Waals surface area contributed by atoms with E-state index in [2.05, 4.69) is 19.9 Å². The van der Waals surface area contributed by atoms with Gasteiger partial charge in [-0.1, -0.05) is 24.3 Å². The van der Waals surface area contributed by atoms with E-state index in [1.807, 2.05) is 0 Å². The van der Waals surface area contributed by atoms with Crippen molar-refractivity contribution in [1.82, 2.24) is 29.1 Å². The number of nitrogens with one attached hydrogen (secondary N) is 1. The van der Waals surface area contributed by atoms with Crippen molar-refractivity contribution in [1.29, 1.82) is 0 Å². The van der Waals surface area contributed by atoms with Crippen molar-refractivity contribution in [2.45, 2.75) is 60.7 Å². The summed E-state index contributed by atoms with van der Waals surface area (Å²) in [6.45, 7) is -11.3. The number of nitrogen functional groups attached to an aromatic ring is 1. The first-order valence-electron chi connectivity index (χ1n) is 22.7. The maximum atomic E-state index is 17.3. The Hall–Kier alpha value is -6.77. The van der Waals surface area contributed by atoms with Crippen LogP contribution in [-0.4, -0.2) is 101 Å². The number of halogens is 2. The molecule has 6 heterocycles. The lowest BCUT2D eigenvalue weighted by Gasteiger charge is -2.27. The largest absolute Gasteiger partial charge is 0.508 e.